The van der Waals surface area contributed by atoms with E-state index >= 15 is 0 Å². The number of aryl methyl sites for hydroxylation is 1. The molecule has 0 aliphatic carbocycles. The first-order valence-electron chi connectivity index (χ1n) is 6.62. The summed E-state index contributed by atoms with van der Waals surface area (Å²) >= 11 is 6.28. The second-order valence-corrected chi connectivity index (χ2v) is 4.76. The second kappa shape index (κ2) is 6.68. The zero-order chi connectivity index (χ0) is 13.7. The number of hydrogen-bond donors (Lipinski definition) is 1. The van der Waals surface area contributed by atoms with Crippen LogP contribution < -0.4 is 5.32 Å². The van der Waals surface area contributed by atoms with E-state index in [0.29, 0.717) is 5.02 Å². The van der Waals surface area contributed by atoms with Gasteiger partial charge in [0.05, 0.1) is 16.8 Å². The van der Waals surface area contributed by atoms with E-state index in [1.165, 1.54) is 0 Å². The van der Waals surface area contributed by atoms with Crippen LogP contribution in [0.25, 0.3) is 0 Å². The molecule has 0 bridgehead atoms. The van der Waals surface area contributed by atoms with Crippen molar-refractivity contribution in [2.75, 3.05) is 6.54 Å². The van der Waals surface area contributed by atoms with E-state index in [4.69, 9.17) is 11.6 Å². The van der Waals surface area contributed by atoms with Crippen LogP contribution in [0.2, 0.25) is 5.02 Å². The van der Waals surface area contributed by atoms with Gasteiger partial charge in [-0.2, -0.15) is 5.10 Å². The van der Waals surface area contributed by atoms with Crippen molar-refractivity contribution in [3.05, 3.63) is 47.0 Å². The molecule has 0 amide bonds. The molecular formula is C14H19ClN4. The Labute approximate surface area is 118 Å². The van der Waals surface area contributed by atoms with Gasteiger partial charge in [0.1, 0.15) is 0 Å². The van der Waals surface area contributed by atoms with Crippen LogP contribution >= 0.6 is 11.6 Å². The van der Waals surface area contributed by atoms with E-state index < -0.39 is 0 Å². The molecule has 2 aromatic rings. The number of pyridine rings is 1. The van der Waals surface area contributed by atoms with Gasteiger partial charge in [0.15, 0.2) is 0 Å². The van der Waals surface area contributed by atoms with Crippen LogP contribution in [0, 0.1) is 0 Å². The molecule has 19 heavy (non-hydrogen) atoms. The van der Waals surface area contributed by atoms with Crippen molar-refractivity contribution in [1.29, 1.82) is 0 Å². The van der Waals surface area contributed by atoms with Crippen LogP contribution in [-0.4, -0.2) is 21.3 Å². The van der Waals surface area contributed by atoms with E-state index in [0.717, 1.165) is 30.8 Å². The van der Waals surface area contributed by atoms with Gasteiger partial charge in [-0.1, -0.05) is 18.5 Å². The molecule has 0 aliphatic heterocycles. The Morgan fingerprint density at radius 1 is 1.32 bits per heavy atom. The molecule has 1 unspecified atom stereocenters. The smallest absolute Gasteiger partial charge is 0.0763 e. The predicted molar refractivity (Wildman–Crippen MR) is 77.3 cm³/mol. The lowest BCUT2D eigenvalue weighted by Gasteiger charge is -2.21. The van der Waals surface area contributed by atoms with E-state index in [9.17, 15) is 0 Å². The van der Waals surface area contributed by atoms with Crippen LogP contribution in [0.15, 0.2) is 30.7 Å². The highest BCUT2D eigenvalue weighted by Gasteiger charge is 2.19. The Hall–Kier alpha value is -1.39. The average molecular weight is 279 g/mol. The van der Waals surface area contributed by atoms with E-state index in [-0.39, 0.29) is 6.04 Å². The summed E-state index contributed by atoms with van der Waals surface area (Å²) in [6, 6.07) is 4.05. The SMILES string of the molecule is CCCNC(c1ccncc1Cl)c1ccnn1CC. The standard InChI is InChI=1S/C14H19ClN4/c1-3-7-17-14(11-5-8-16-10-12(11)15)13-6-9-18-19(13)4-2/h5-6,8-10,14,17H,3-4,7H2,1-2H3. The zero-order valence-electron chi connectivity index (χ0n) is 11.3. The van der Waals surface area contributed by atoms with Crippen LogP contribution in [0.3, 0.4) is 0 Å². The summed E-state index contributed by atoms with van der Waals surface area (Å²) in [5.41, 5.74) is 2.17. The summed E-state index contributed by atoms with van der Waals surface area (Å²) in [7, 11) is 0. The van der Waals surface area contributed by atoms with Crippen LogP contribution in [0.4, 0.5) is 0 Å². The summed E-state index contributed by atoms with van der Waals surface area (Å²) in [5, 5.41) is 8.55. The van der Waals surface area contributed by atoms with Gasteiger partial charge in [0.2, 0.25) is 0 Å². The van der Waals surface area contributed by atoms with E-state index in [1.54, 1.807) is 12.4 Å². The first-order valence-corrected chi connectivity index (χ1v) is 7.00. The minimum Gasteiger partial charge on any atom is -0.305 e. The molecule has 0 radical (unpaired) electrons. The number of nitrogens with one attached hydrogen (secondary N) is 1. The molecule has 5 heteroatoms. The number of rotatable bonds is 6. The molecule has 2 rings (SSSR count). The monoisotopic (exact) mass is 278 g/mol. The summed E-state index contributed by atoms with van der Waals surface area (Å²) in [4.78, 5) is 4.05. The normalized spacial score (nSPS) is 12.6. The number of hydrogen-bond acceptors (Lipinski definition) is 3. The Bertz CT molecular complexity index is 524. The largest absolute Gasteiger partial charge is 0.305 e. The van der Waals surface area contributed by atoms with Gasteiger partial charge < -0.3 is 5.32 Å². The van der Waals surface area contributed by atoms with Crippen LogP contribution in [0.1, 0.15) is 37.6 Å². The summed E-state index contributed by atoms with van der Waals surface area (Å²) in [5.74, 6) is 0. The third kappa shape index (κ3) is 3.14. The van der Waals surface area contributed by atoms with Crippen molar-refractivity contribution in [1.82, 2.24) is 20.1 Å². The van der Waals surface area contributed by atoms with Crippen molar-refractivity contribution in [2.24, 2.45) is 0 Å². The Morgan fingerprint density at radius 2 is 2.16 bits per heavy atom. The Balaban J connectivity index is 2.39. The molecule has 0 saturated carbocycles. The third-order valence-corrected chi connectivity index (χ3v) is 3.37. The molecule has 2 aromatic heterocycles. The first-order chi connectivity index (χ1) is 9.27. The molecule has 0 saturated heterocycles. The maximum Gasteiger partial charge on any atom is 0.0763 e. The lowest BCUT2D eigenvalue weighted by atomic mass is 10.0. The molecule has 102 valence electrons. The fraction of sp³-hybridized carbons (Fsp3) is 0.429. The van der Waals surface area contributed by atoms with Crippen molar-refractivity contribution >= 4 is 11.6 Å². The average Bonchev–Trinajstić information content (AvgIpc) is 2.89. The van der Waals surface area contributed by atoms with Crippen molar-refractivity contribution in [2.45, 2.75) is 32.9 Å². The van der Waals surface area contributed by atoms with Gasteiger partial charge in [-0.05, 0) is 37.6 Å². The van der Waals surface area contributed by atoms with Gasteiger partial charge in [-0.3, -0.25) is 9.67 Å². The second-order valence-electron chi connectivity index (χ2n) is 4.36. The first kappa shape index (κ1) is 14.0. The lowest BCUT2D eigenvalue weighted by Crippen LogP contribution is -2.26. The highest BCUT2D eigenvalue weighted by molar-refractivity contribution is 6.31. The lowest BCUT2D eigenvalue weighted by molar-refractivity contribution is 0.529. The number of halogens is 1. The van der Waals surface area contributed by atoms with Crippen LogP contribution in [0.5, 0.6) is 0 Å². The topological polar surface area (TPSA) is 42.7 Å². The Morgan fingerprint density at radius 3 is 2.84 bits per heavy atom. The molecule has 0 aromatic carbocycles. The molecular weight excluding hydrogens is 260 g/mol. The molecule has 1 N–H and O–H groups in total. The highest BCUT2D eigenvalue weighted by atomic mass is 35.5. The van der Waals surface area contributed by atoms with Crippen molar-refractivity contribution in [3.63, 3.8) is 0 Å². The number of nitrogens with zero attached hydrogens (tertiary/aromatic N) is 3. The van der Waals surface area contributed by atoms with Crippen molar-refractivity contribution in [3.8, 4) is 0 Å². The quantitative estimate of drug-likeness (QED) is 0.883. The van der Waals surface area contributed by atoms with Crippen molar-refractivity contribution < 1.29 is 0 Å². The molecule has 2 heterocycles. The summed E-state index contributed by atoms with van der Waals surface area (Å²) in [6.07, 6.45) is 6.35. The van der Waals surface area contributed by atoms with Gasteiger partial charge in [-0.15, -0.1) is 0 Å². The third-order valence-electron chi connectivity index (χ3n) is 3.06. The maximum absolute atomic E-state index is 6.28. The maximum atomic E-state index is 6.28. The fourth-order valence-electron chi connectivity index (χ4n) is 2.13. The van der Waals surface area contributed by atoms with Gasteiger partial charge in [0.25, 0.3) is 0 Å². The summed E-state index contributed by atoms with van der Waals surface area (Å²) < 4.78 is 1.99. The molecule has 0 spiro atoms. The minimum atomic E-state index is 0.0536. The molecule has 1 atom stereocenters. The minimum absolute atomic E-state index is 0.0536. The molecule has 0 aliphatic rings. The fourth-order valence-corrected chi connectivity index (χ4v) is 2.36. The summed E-state index contributed by atoms with van der Waals surface area (Å²) in [6.45, 7) is 6.00. The predicted octanol–water partition coefficient (Wildman–Crippen LogP) is 3.04. The highest BCUT2D eigenvalue weighted by Crippen LogP contribution is 2.27. The van der Waals surface area contributed by atoms with E-state index in [2.05, 4.69) is 29.2 Å². The zero-order valence-corrected chi connectivity index (χ0v) is 12.1. The molecule has 4 nitrogen and oxygen atoms in total. The van der Waals surface area contributed by atoms with Gasteiger partial charge in [0, 0.05) is 25.1 Å². The van der Waals surface area contributed by atoms with Crippen LogP contribution in [-0.2, 0) is 6.54 Å². The molecule has 0 fully saturated rings. The number of aromatic nitrogens is 3. The van der Waals surface area contributed by atoms with Gasteiger partial charge >= 0.3 is 0 Å². The van der Waals surface area contributed by atoms with Gasteiger partial charge in [-0.25, -0.2) is 0 Å². The Kier molecular flexibility index (Phi) is 4.93. The van der Waals surface area contributed by atoms with E-state index in [1.807, 2.05) is 23.0 Å².